The molecule has 0 radical (unpaired) electrons. The highest BCUT2D eigenvalue weighted by molar-refractivity contribution is 8.01. The molecule has 5 rings (SSSR count). The van der Waals surface area contributed by atoms with Gasteiger partial charge in [0.25, 0.3) is 0 Å². The van der Waals surface area contributed by atoms with E-state index in [2.05, 4.69) is 15.5 Å². The van der Waals surface area contributed by atoms with Gasteiger partial charge in [0.2, 0.25) is 11.0 Å². The third-order valence-corrected chi connectivity index (χ3v) is 7.62. The molecular formula is C16H21N3O2S2. The molecule has 0 saturated heterocycles. The molecule has 1 amide bonds. The Labute approximate surface area is 144 Å². The standard InChI is InChI=1S/C16H21N3O2S2/c1-9(20)17-14-18-19-15(23-14)22-8-13(21)16-5-10-2-11(6-16)4-12(3-10)7-16/h10-12H,2-8H2,1H3,(H,17,18,20). The second kappa shape index (κ2) is 5.84. The zero-order valence-corrected chi connectivity index (χ0v) is 14.8. The molecule has 0 atom stereocenters. The van der Waals surface area contributed by atoms with E-state index < -0.39 is 0 Å². The molecule has 4 fully saturated rings. The number of anilines is 1. The number of rotatable bonds is 5. The van der Waals surface area contributed by atoms with Crippen molar-refractivity contribution in [1.29, 1.82) is 0 Å². The molecule has 124 valence electrons. The van der Waals surface area contributed by atoms with Gasteiger partial charge in [-0.05, 0) is 56.3 Å². The molecule has 7 heteroatoms. The zero-order valence-electron chi connectivity index (χ0n) is 13.2. The van der Waals surface area contributed by atoms with Gasteiger partial charge in [-0.2, -0.15) is 0 Å². The van der Waals surface area contributed by atoms with Crippen molar-refractivity contribution < 1.29 is 9.59 Å². The number of amides is 1. The highest BCUT2D eigenvalue weighted by Crippen LogP contribution is 2.60. The molecule has 4 aliphatic carbocycles. The maximum absolute atomic E-state index is 12.9. The van der Waals surface area contributed by atoms with E-state index >= 15 is 0 Å². The molecule has 4 saturated carbocycles. The molecule has 0 spiro atoms. The number of thioether (sulfide) groups is 1. The molecule has 0 aliphatic heterocycles. The van der Waals surface area contributed by atoms with Crippen LogP contribution in [0.2, 0.25) is 0 Å². The van der Waals surface area contributed by atoms with Crippen LogP contribution in [0.15, 0.2) is 4.34 Å². The lowest BCUT2D eigenvalue weighted by Crippen LogP contribution is -2.50. The van der Waals surface area contributed by atoms with Gasteiger partial charge in [0.15, 0.2) is 4.34 Å². The fraction of sp³-hybridized carbons (Fsp3) is 0.750. The molecule has 23 heavy (non-hydrogen) atoms. The van der Waals surface area contributed by atoms with Crippen LogP contribution in [0.4, 0.5) is 5.13 Å². The van der Waals surface area contributed by atoms with Gasteiger partial charge in [-0.3, -0.25) is 9.59 Å². The van der Waals surface area contributed by atoms with Gasteiger partial charge < -0.3 is 5.32 Å². The summed E-state index contributed by atoms with van der Waals surface area (Å²) in [7, 11) is 0. The third-order valence-electron chi connectivity index (χ3n) is 5.65. The van der Waals surface area contributed by atoms with Crippen molar-refractivity contribution in [3.63, 3.8) is 0 Å². The number of hydrogen-bond donors (Lipinski definition) is 1. The molecule has 1 aromatic heterocycles. The maximum Gasteiger partial charge on any atom is 0.223 e. The summed E-state index contributed by atoms with van der Waals surface area (Å²) in [6.45, 7) is 1.45. The minimum Gasteiger partial charge on any atom is -0.301 e. The van der Waals surface area contributed by atoms with E-state index in [4.69, 9.17) is 0 Å². The summed E-state index contributed by atoms with van der Waals surface area (Å²) >= 11 is 2.81. The van der Waals surface area contributed by atoms with Gasteiger partial charge in [-0.15, -0.1) is 10.2 Å². The average Bonchev–Trinajstić information content (AvgIpc) is 2.90. The van der Waals surface area contributed by atoms with Crippen LogP contribution >= 0.6 is 23.1 Å². The fourth-order valence-electron chi connectivity index (χ4n) is 5.20. The lowest BCUT2D eigenvalue weighted by molar-refractivity contribution is -0.141. The Morgan fingerprint density at radius 3 is 2.35 bits per heavy atom. The van der Waals surface area contributed by atoms with E-state index in [1.165, 1.54) is 49.3 Å². The topological polar surface area (TPSA) is 72.0 Å². The van der Waals surface area contributed by atoms with E-state index in [0.717, 1.165) is 41.4 Å². The first-order chi connectivity index (χ1) is 11.0. The van der Waals surface area contributed by atoms with Crippen molar-refractivity contribution in [2.45, 2.75) is 49.8 Å². The third kappa shape index (κ3) is 3.05. The Morgan fingerprint density at radius 2 is 1.78 bits per heavy atom. The molecule has 1 N–H and O–H groups in total. The van der Waals surface area contributed by atoms with Crippen LogP contribution in [0.5, 0.6) is 0 Å². The molecule has 0 aromatic carbocycles. The Morgan fingerprint density at radius 1 is 1.17 bits per heavy atom. The van der Waals surface area contributed by atoms with Crippen LogP contribution in [0.1, 0.15) is 45.4 Å². The van der Waals surface area contributed by atoms with Crippen molar-refractivity contribution in [2.75, 3.05) is 11.1 Å². The minimum absolute atomic E-state index is 0.0348. The van der Waals surface area contributed by atoms with Gasteiger partial charge in [-0.1, -0.05) is 23.1 Å². The lowest BCUT2D eigenvalue weighted by Gasteiger charge is -2.56. The first-order valence-electron chi connectivity index (χ1n) is 8.29. The van der Waals surface area contributed by atoms with Crippen LogP contribution in [-0.2, 0) is 9.59 Å². The summed E-state index contributed by atoms with van der Waals surface area (Å²) < 4.78 is 0.756. The monoisotopic (exact) mass is 351 g/mol. The molecule has 0 unspecified atom stereocenters. The van der Waals surface area contributed by atoms with Gasteiger partial charge in [0, 0.05) is 12.3 Å². The minimum atomic E-state index is -0.151. The maximum atomic E-state index is 12.9. The summed E-state index contributed by atoms with van der Waals surface area (Å²) in [5.74, 6) is 3.13. The fourth-order valence-corrected chi connectivity index (χ4v) is 7.03. The zero-order chi connectivity index (χ0) is 16.0. The van der Waals surface area contributed by atoms with E-state index in [1.54, 1.807) is 0 Å². The summed E-state index contributed by atoms with van der Waals surface area (Å²) in [4.78, 5) is 23.9. The molecular weight excluding hydrogens is 330 g/mol. The van der Waals surface area contributed by atoms with Crippen molar-refractivity contribution in [3.8, 4) is 0 Å². The quantitative estimate of drug-likeness (QED) is 0.650. The number of nitrogens with one attached hydrogen (secondary N) is 1. The first-order valence-corrected chi connectivity index (χ1v) is 10.1. The molecule has 4 aliphatic rings. The predicted octanol–water partition coefficient (Wildman–Crippen LogP) is 3.37. The Kier molecular flexibility index (Phi) is 3.96. The highest BCUT2D eigenvalue weighted by atomic mass is 32.2. The summed E-state index contributed by atoms with van der Waals surface area (Å²) in [6, 6.07) is 0. The highest BCUT2D eigenvalue weighted by Gasteiger charge is 2.54. The normalized spacial score (nSPS) is 34.6. The predicted molar refractivity (Wildman–Crippen MR) is 90.5 cm³/mol. The number of Topliss-reactive ketones (excluding diaryl/α,β-unsaturated/α-hetero) is 1. The van der Waals surface area contributed by atoms with E-state index in [9.17, 15) is 9.59 Å². The molecule has 5 nitrogen and oxygen atoms in total. The van der Waals surface area contributed by atoms with Crippen LogP contribution < -0.4 is 5.32 Å². The number of aromatic nitrogens is 2. The number of carbonyl (C=O) groups excluding carboxylic acids is 2. The van der Waals surface area contributed by atoms with Crippen molar-refractivity contribution in [1.82, 2.24) is 10.2 Å². The number of carbonyl (C=O) groups is 2. The average molecular weight is 351 g/mol. The largest absolute Gasteiger partial charge is 0.301 e. The van der Waals surface area contributed by atoms with Gasteiger partial charge in [-0.25, -0.2) is 0 Å². The van der Waals surface area contributed by atoms with Crippen LogP contribution in [0, 0.1) is 23.2 Å². The first kappa shape index (κ1) is 15.6. The van der Waals surface area contributed by atoms with Crippen molar-refractivity contribution in [3.05, 3.63) is 0 Å². The van der Waals surface area contributed by atoms with E-state index in [0.29, 0.717) is 16.7 Å². The molecule has 1 heterocycles. The van der Waals surface area contributed by atoms with Crippen LogP contribution in [0.25, 0.3) is 0 Å². The molecule has 4 bridgehead atoms. The number of nitrogens with zero attached hydrogens (tertiary/aromatic N) is 2. The Balaban J connectivity index is 1.38. The van der Waals surface area contributed by atoms with Crippen molar-refractivity contribution in [2.24, 2.45) is 23.2 Å². The number of hydrogen-bond acceptors (Lipinski definition) is 6. The molecule has 1 aromatic rings. The van der Waals surface area contributed by atoms with Gasteiger partial charge >= 0.3 is 0 Å². The SMILES string of the molecule is CC(=O)Nc1nnc(SCC(=O)C23CC4CC(CC(C4)C2)C3)s1. The summed E-state index contributed by atoms with van der Waals surface area (Å²) in [5, 5.41) is 11.1. The summed E-state index contributed by atoms with van der Waals surface area (Å²) in [5.41, 5.74) is -0.0348. The van der Waals surface area contributed by atoms with Crippen molar-refractivity contribution >= 4 is 39.9 Å². The lowest BCUT2D eigenvalue weighted by atomic mass is 9.48. The van der Waals surface area contributed by atoms with E-state index in [1.807, 2.05) is 0 Å². The number of ketones is 1. The summed E-state index contributed by atoms with van der Waals surface area (Å²) in [6.07, 6.45) is 7.42. The van der Waals surface area contributed by atoms with E-state index in [-0.39, 0.29) is 11.3 Å². The Bertz CT molecular complexity index is 608. The van der Waals surface area contributed by atoms with Crippen LogP contribution in [-0.4, -0.2) is 27.6 Å². The van der Waals surface area contributed by atoms with Gasteiger partial charge in [0.05, 0.1) is 5.75 Å². The second-order valence-electron chi connectivity index (χ2n) is 7.46. The second-order valence-corrected chi connectivity index (χ2v) is 9.66. The van der Waals surface area contributed by atoms with Gasteiger partial charge in [0.1, 0.15) is 5.78 Å². The van der Waals surface area contributed by atoms with Crippen LogP contribution in [0.3, 0.4) is 0 Å². The Hall–Kier alpha value is -0.950. The smallest absolute Gasteiger partial charge is 0.223 e.